The van der Waals surface area contributed by atoms with Crippen LogP contribution in [0.3, 0.4) is 0 Å². The Morgan fingerprint density at radius 3 is 2.48 bits per heavy atom. The Balaban J connectivity index is 2.05. The first kappa shape index (κ1) is 21.9. The van der Waals surface area contributed by atoms with Crippen molar-refractivity contribution in [2.75, 3.05) is 32.3 Å². The molecule has 0 bridgehead atoms. The highest BCUT2D eigenvalue weighted by atomic mass is 32.1. The molecule has 3 rings (SSSR count). The van der Waals surface area contributed by atoms with E-state index >= 15 is 0 Å². The zero-order valence-corrected chi connectivity index (χ0v) is 18.1. The minimum Gasteiger partial charge on any atom is -0.497 e. The van der Waals surface area contributed by atoms with Crippen LogP contribution in [-0.4, -0.2) is 43.3 Å². The summed E-state index contributed by atoms with van der Waals surface area (Å²) in [5.41, 5.74) is 1.91. The van der Waals surface area contributed by atoms with Crippen molar-refractivity contribution in [3.05, 3.63) is 66.4 Å². The molecule has 2 aromatic rings. The van der Waals surface area contributed by atoms with E-state index in [0.717, 1.165) is 11.3 Å². The number of thiocarbonyl (C=S) groups is 1. The fourth-order valence-corrected chi connectivity index (χ4v) is 3.47. The van der Waals surface area contributed by atoms with E-state index in [1.165, 1.54) is 4.90 Å². The van der Waals surface area contributed by atoms with E-state index in [2.05, 4.69) is 12.5 Å². The first-order chi connectivity index (χ1) is 15.0. The molecule has 1 aliphatic rings. The van der Waals surface area contributed by atoms with Crippen molar-refractivity contribution in [3.8, 4) is 29.6 Å². The zero-order valence-electron chi connectivity index (χ0n) is 17.3. The van der Waals surface area contributed by atoms with E-state index in [1.54, 1.807) is 43.4 Å². The van der Waals surface area contributed by atoms with Gasteiger partial charge < -0.3 is 14.2 Å². The number of rotatable bonds is 8. The number of ether oxygens (including phenoxy) is 3. The predicted octanol–water partition coefficient (Wildman–Crippen LogP) is 3.88. The molecule has 1 aliphatic heterocycles. The second-order valence-corrected chi connectivity index (χ2v) is 6.82. The lowest BCUT2D eigenvalue weighted by Gasteiger charge is -2.20. The van der Waals surface area contributed by atoms with Crippen LogP contribution in [0.5, 0.6) is 17.2 Å². The van der Waals surface area contributed by atoms with E-state index in [-0.39, 0.29) is 12.5 Å². The number of carbonyl (C=O) groups excluding carboxylic acids is 1. The van der Waals surface area contributed by atoms with Gasteiger partial charge in [-0.05, 0) is 60.3 Å². The average molecular weight is 435 g/mol. The van der Waals surface area contributed by atoms with Gasteiger partial charge in [0.15, 0.2) is 16.6 Å². The molecule has 0 unspecified atom stereocenters. The van der Waals surface area contributed by atoms with Crippen molar-refractivity contribution in [3.63, 3.8) is 0 Å². The third kappa shape index (κ3) is 4.55. The second-order valence-electron chi connectivity index (χ2n) is 6.45. The van der Waals surface area contributed by atoms with Gasteiger partial charge in [0, 0.05) is 12.2 Å². The molecule has 6 nitrogen and oxygen atoms in total. The van der Waals surface area contributed by atoms with Gasteiger partial charge in [0.2, 0.25) is 0 Å². The number of amides is 1. The standard InChI is InChI=1S/C24H22N2O4S/c1-5-13-25-23(27)20(26(24(25)31)18-8-10-19(28-3)11-9-18)15-17-7-12-21(30-14-6-2)22(16-17)29-4/h2,5,7-12,15-16H,1,13-14H2,3-4H3/b20-15+. The van der Waals surface area contributed by atoms with E-state index in [0.29, 0.717) is 34.6 Å². The maximum absolute atomic E-state index is 13.2. The third-order valence-corrected chi connectivity index (χ3v) is 4.97. The molecule has 1 saturated heterocycles. The van der Waals surface area contributed by atoms with Crippen LogP contribution in [0.2, 0.25) is 0 Å². The second kappa shape index (κ2) is 9.83. The van der Waals surface area contributed by atoms with Crippen LogP contribution >= 0.6 is 12.2 Å². The van der Waals surface area contributed by atoms with E-state index in [9.17, 15) is 4.79 Å². The van der Waals surface area contributed by atoms with Crippen molar-refractivity contribution in [1.82, 2.24) is 4.90 Å². The lowest BCUT2D eigenvalue weighted by atomic mass is 10.1. The van der Waals surface area contributed by atoms with Gasteiger partial charge in [0.25, 0.3) is 5.91 Å². The fraction of sp³-hybridized carbons (Fsp3) is 0.167. The lowest BCUT2D eigenvalue weighted by molar-refractivity contribution is -0.121. The normalized spacial score (nSPS) is 14.5. The maximum atomic E-state index is 13.2. The highest BCUT2D eigenvalue weighted by Crippen LogP contribution is 2.33. The van der Waals surface area contributed by atoms with Crippen molar-refractivity contribution in [1.29, 1.82) is 0 Å². The Morgan fingerprint density at radius 1 is 1.13 bits per heavy atom. The molecule has 1 amide bonds. The highest BCUT2D eigenvalue weighted by molar-refractivity contribution is 7.80. The summed E-state index contributed by atoms with van der Waals surface area (Å²) < 4.78 is 16.1. The van der Waals surface area contributed by atoms with Crippen molar-refractivity contribution in [2.24, 2.45) is 0 Å². The summed E-state index contributed by atoms with van der Waals surface area (Å²) in [5.74, 6) is 3.95. The molecular formula is C24H22N2O4S. The molecule has 158 valence electrons. The van der Waals surface area contributed by atoms with Crippen LogP contribution in [0.4, 0.5) is 5.69 Å². The first-order valence-corrected chi connectivity index (χ1v) is 9.81. The van der Waals surface area contributed by atoms with Crippen molar-refractivity contribution >= 4 is 35.0 Å². The Labute approximate surface area is 187 Å². The molecule has 1 heterocycles. The van der Waals surface area contributed by atoms with Crippen LogP contribution in [0.25, 0.3) is 6.08 Å². The Bertz CT molecular complexity index is 1070. The van der Waals surface area contributed by atoms with Gasteiger partial charge in [-0.3, -0.25) is 14.6 Å². The maximum Gasteiger partial charge on any atom is 0.277 e. The van der Waals surface area contributed by atoms with Gasteiger partial charge in [0.05, 0.1) is 14.2 Å². The van der Waals surface area contributed by atoms with E-state index < -0.39 is 0 Å². The topological polar surface area (TPSA) is 51.2 Å². The summed E-state index contributed by atoms with van der Waals surface area (Å²) >= 11 is 5.61. The number of carbonyl (C=O) groups is 1. The molecule has 7 heteroatoms. The number of nitrogens with zero attached hydrogens (tertiary/aromatic N) is 2. The SMILES string of the molecule is C#CCOc1ccc(/C=C2\C(=O)N(CC=C)C(=S)N2c2ccc(OC)cc2)cc1OC. The van der Waals surface area contributed by atoms with Crippen LogP contribution < -0.4 is 19.1 Å². The van der Waals surface area contributed by atoms with Gasteiger partial charge in [-0.15, -0.1) is 13.0 Å². The summed E-state index contributed by atoms with van der Waals surface area (Å²) in [5, 5.41) is 0.377. The molecule has 0 aromatic heterocycles. The lowest BCUT2D eigenvalue weighted by Crippen LogP contribution is -2.32. The molecule has 0 spiro atoms. The van der Waals surface area contributed by atoms with Gasteiger partial charge in [0.1, 0.15) is 18.1 Å². The Hall–Kier alpha value is -3.76. The van der Waals surface area contributed by atoms with Gasteiger partial charge in [-0.2, -0.15) is 0 Å². The molecule has 0 aliphatic carbocycles. The largest absolute Gasteiger partial charge is 0.497 e. The molecule has 0 N–H and O–H groups in total. The number of hydrogen-bond acceptors (Lipinski definition) is 5. The van der Waals surface area contributed by atoms with Crippen molar-refractivity contribution in [2.45, 2.75) is 0 Å². The monoisotopic (exact) mass is 434 g/mol. The number of methoxy groups -OCH3 is 2. The molecule has 0 atom stereocenters. The van der Waals surface area contributed by atoms with Crippen LogP contribution in [0.15, 0.2) is 60.8 Å². The third-order valence-electron chi connectivity index (χ3n) is 4.57. The van der Waals surface area contributed by atoms with Gasteiger partial charge >= 0.3 is 0 Å². The Kier molecular flexibility index (Phi) is 6.96. The molecule has 0 radical (unpaired) electrons. The van der Waals surface area contributed by atoms with E-state index in [4.69, 9.17) is 32.9 Å². The number of terminal acetylenes is 1. The quantitative estimate of drug-likeness (QED) is 0.272. The van der Waals surface area contributed by atoms with Crippen LogP contribution in [0.1, 0.15) is 5.56 Å². The molecular weight excluding hydrogens is 412 g/mol. The number of hydrogen-bond donors (Lipinski definition) is 0. The fourth-order valence-electron chi connectivity index (χ4n) is 3.11. The summed E-state index contributed by atoms with van der Waals surface area (Å²) in [6, 6.07) is 12.7. The smallest absolute Gasteiger partial charge is 0.277 e. The van der Waals surface area contributed by atoms with Crippen LogP contribution in [-0.2, 0) is 4.79 Å². The molecule has 2 aromatic carbocycles. The highest BCUT2D eigenvalue weighted by Gasteiger charge is 2.38. The minimum atomic E-state index is -0.215. The minimum absolute atomic E-state index is 0.130. The first-order valence-electron chi connectivity index (χ1n) is 9.41. The predicted molar refractivity (Wildman–Crippen MR) is 125 cm³/mol. The Morgan fingerprint density at radius 2 is 1.87 bits per heavy atom. The number of benzene rings is 2. The zero-order chi connectivity index (χ0) is 22.4. The van der Waals surface area contributed by atoms with Gasteiger partial charge in [-0.25, -0.2) is 0 Å². The van der Waals surface area contributed by atoms with Crippen LogP contribution in [0, 0.1) is 12.3 Å². The summed E-state index contributed by atoms with van der Waals surface area (Å²) in [6.45, 7) is 4.17. The summed E-state index contributed by atoms with van der Waals surface area (Å²) in [4.78, 5) is 16.4. The number of anilines is 1. The van der Waals surface area contributed by atoms with Crippen molar-refractivity contribution < 1.29 is 19.0 Å². The van der Waals surface area contributed by atoms with E-state index in [1.807, 2.05) is 30.3 Å². The van der Waals surface area contributed by atoms with Gasteiger partial charge in [-0.1, -0.05) is 18.1 Å². The molecule has 31 heavy (non-hydrogen) atoms. The molecule has 1 fully saturated rings. The summed E-state index contributed by atoms with van der Waals surface area (Å²) in [6.07, 6.45) is 8.66. The average Bonchev–Trinajstić information content (AvgIpc) is 3.02. The summed E-state index contributed by atoms with van der Waals surface area (Å²) in [7, 11) is 3.14. The molecule has 0 saturated carbocycles.